The van der Waals surface area contributed by atoms with Crippen molar-refractivity contribution in [2.24, 2.45) is 0 Å². The highest BCUT2D eigenvalue weighted by atomic mass is 32.2. The fourth-order valence-electron chi connectivity index (χ4n) is 3.03. The second-order valence-corrected chi connectivity index (χ2v) is 10.4. The van der Waals surface area contributed by atoms with Crippen molar-refractivity contribution < 1.29 is 16.8 Å². The molecular weight excluding hydrogens is 406 g/mol. The molecule has 0 bridgehead atoms. The minimum atomic E-state index is -3.82. The average molecular weight is 430 g/mol. The highest BCUT2D eigenvalue weighted by Crippen LogP contribution is 2.24. The number of sulfone groups is 1. The molecule has 0 heterocycles. The van der Waals surface area contributed by atoms with Gasteiger partial charge < -0.3 is 0 Å². The van der Waals surface area contributed by atoms with Gasteiger partial charge >= 0.3 is 0 Å². The predicted octanol–water partition coefficient (Wildman–Crippen LogP) is 3.77. The lowest BCUT2D eigenvalue weighted by atomic mass is 10.1. The van der Waals surface area contributed by atoms with Crippen molar-refractivity contribution in [2.75, 3.05) is 13.1 Å². The van der Waals surface area contributed by atoms with Crippen LogP contribution in [0.2, 0.25) is 0 Å². The zero-order valence-electron chi connectivity index (χ0n) is 16.1. The summed E-state index contributed by atoms with van der Waals surface area (Å²) in [6.07, 6.45) is 0.579. The first kappa shape index (κ1) is 21.2. The van der Waals surface area contributed by atoms with E-state index in [0.29, 0.717) is 19.5 Å². The van der Waals surface area contributed by atoms with Gasteiger partial charge in [-0.25, -0.2) is 16.8 Å². The summed E-state index contributed by atoms with van der Waals surface area (Å²) in [5, 5.41) is 0. The van der Waals surface area contributed by atoms with Crippen LogP contribution in [0, 0.1) is 0 Å². The molecule has 3 rings (SSSR count). The molecule has 0 saturated carbocycles. The Bertz CT molecular complexity index is 1160. The van der Waals surface area contributed by atoms with Gasteiger partial charge in [0.1, 0.15) is 0 Å². The Morgan fingerprint density at radius 1 is 0.690 bits per heavy atom. The Kier molecular flexibility index (Phi) is 6.52. The fraction of sp³-hybridized carbons (Fsp3) is 0.182. The minimum absolute atomic E-state index is 0.0237. The fourth-order valence-corrected chi connectivity index (χ4v) is 5.93. The van der Waals surface area contributed by atoms with Gasteiger partial charge in [-0.05, 0) is 42.3 Å². The Labute approximate surface area is 172 Å². The zero-order chi connectivity index (χ0) is 20.9. The maximum absolute atomic E-state index is 13.1. The van der Waals surface area contributed by atoms with Gasteiger partial charge in [0, 0.05) is 13.1 Å². The van der Waals surface area contributed by atoms with E-state index in [2.05, 4.69) is 0 Å². The topological polar surface area (TPSA) is 71.5 Å². The van der Waals surface area contributed by atoms with Crippen LogP contribution in [-0.4, -0.2) is 34.2 Å². The quantitative estimate of drug-likeness (QED) is 0.546. The Morgan fingerprint density at radius 3 is 1.86 bits per heavy atom. The van der Waals surface area contributed by atoms with Crippen LogP contribution in [0.5, 0.6) is 0 Å². The van der Waals surface area contributed by atoms with Crippen molar-refractivity contribution in [1.82, 2.24) is 4.31 Å². The third kappa shape index (κ3) is 4.75. The summed E-state index contributed by atoms with van der Waals surface area (Å²) in [5.74, 6) is 0. The second-order valence-electron chi connectivity index (χ2n) is 6.52. The first-order chi connectivity index (χ1) is 13.9. The molecule has 0 unspecified atom stereocenters. The van der Waals surface area contributed by atoms with E-state index in [1.54, 1.807) is 25.1 Å². The number of rotatable bonds is 8. The van der Waals surface area contributed by atoms with Gasteiger partial charge in [-0.15, -0.1) is 0 Å². The van der Waals surface area contributed by atoms with Crippen LogP contribution in [-0.2, 0) is 26.3 Å². The standard InChI is InChI=1S/C22H23NO4S2/c1-2-23(17-16-19-10-5-3-6-11-19)29(26,27)22-15-9-14-21(18-22)28(24,25)20-12-7-4-8-13-20/h3-15,18H,2,16-17H2,1H3. The molecule has 0 aromatic heterocycles. The molecule has 0 amide bonds. The van der Waals surface area contributed by atoms with Crippen LogP contribution in [0.3, 0.4) is 0 Å². The van der Waals surface area contributed by atoms with Gasteiger partial charge in [-0.2, -0.15) is 4.31 Å². The van der Waals surface area contributed by atoms with E-state index in [1.165, 1.54) is 40.7 Å². The van der Waals surface area contributed by atoms with Crippen molar-refractivity contribution in [3.63, 3.8) is 0 Å². The van der Waals surface area contributed by atoms with Crippen molar-refractivity contribution in [1.29, 1.82) is 0 Å². The molecule has 3 aromatic carbocycles. The molecule has 29 heavy (non-hydrogen) atoms. The number of hydrogen-bond acceptors (Lipinski definition) is 4. The SMILES string of the molecule is CCN(CCc1ccccc1)S(=O)(=O)c1cccc(S(=O)(=O)c2ccccc2)c1. The highest BCUT2D eigenvalue weighted by molar-refractivity contribution is 7.91. The Hall–Kier alpha value is -2.48. The second kappa shape index (κ2) is 8.90. The number of benzene rings is 3. The molecule has 0 fully saturated rings. The van der Waals surface area contributed by atoms with Crippen LogP contribution in [0.15, 0.2) is 99.6 Å². The van der Waals surface area contributed by atoms with Crippen LogP contribution < -0.4 is 0 Å². The lowest BCUT2D eigenvalue weighted by Gasteiger charge is -2.21. The normalized spacial score (nSPS) is 12.2. The molecule has 0 N–H and O–H groups in total. The predicted molar refractivity (Wildman–Crippen MR) is 113 cm³/mol. The van der Waals surface area contributed by atoms with Crippen molar-refractivity contribution in [2.45, 2.75) is 28.0 Å². The lowest BCUT2D eigenvalue weighted by Crippen LogP contribution is -2.32. The van der Waals surface area contributed by atoms with E-state index < -0.39 is 19.9 Å². The summed E-state index contributed by atoms with van der Waals surface area (Å²) in [6, 6.07) is 23.2. The molecule has 0 aliphatic rings. The summed E-state index contributed by atoms with van der Waals surface area (Å²) in [5.41, 5.74) is 1.04. The van der Waals surface area contributed by atoms with Gasteiger partial charge in [0.2, 0.25) is 19.9 Å². The lowest BCUT2D eigenvalue weighted by molar-refractivity contribution is 0.431. The smallest absolute Gasteiger partial charge is 0.219 e. The Balaban J connectivity index is 1.89. The van der Waals surface area contributed by atoms with E-state index in [9.17, 15) is 16.8 Å². The minimum Gasteiger partial charge on any atom is -0.219 e. The van der Waals surface area contributed by atoms with Gasteiger partial charge in [0.25, 0.3) is 0 Å². The summed E-state index contributed by atoms with van der Waals surface area (Å²) in [7, 11) is -7.61. The van der Waals surface area contributed by atoms with Crippen LogP contribution in [0.1, 0.15) is 12.5 Å². The number of nitrogens with zero attached hydrogens (tertiary/aromatic N) is 1. The third-order valence-electron chi connectivity index (χ3n) is 4.65. The molecule has 3 aromatic rings. The molecule has 7 heteroatoms. The molecule has 152 valence electrons. The summed E-state index contributed by atoms with van der Waals surface area (Å²) in [4.78, 5) is 0.0688. The molecule has 0 atom stereocenters. The van der Waals surface area contributed by atoms with Gasteiger partial charge in [-0.3, -0.25) is 0 Å². The van der Waals surface area contributed by atoms with Gasteiger partial charge in [0.05, 0.1) is 14.7 Å². The summed E-state index contributed by atoms with van der Waals surface area (Å²) >= 11 is 0. The maximum Gasteiger partial charge on any atom is 0.243 e. The summed E-state index contributed by atoms with van der Waals surface area (Å²) < 4.78 is 53.3. The number of sulfonamides is 1. The van der Waals surface area contributed by atoms with Crippen molar-refractivity contribution in [3.05, 3.63) is 90.5 Å². The van der Waals surface area contributed by atoms with Crippen LogP contribution in [0.4, 0.5) is 0 Å². The van der Waals surface area contributed by atoms with Crippen LogP contribution >= 0.6 is 0 Å². The maximum atomic E-state index is 13.1. The van der Waals surface area contributed by atoms with E-state index in [4.69, 9.17) is 0 Å². The van der Waals surface area contributed by atoms with Gasteiger partial charge in [0.15, 0.2) is 0 Å². The molecule has 5 nitrogen and oxygen atoms in total. The van der Waals surface area contributed by atoms with Crippen molar-refractivity contribution in [3.8, 4) is 0 Å². The third-order valence-corrected chi connectivity index (χ3v) is 8.39. The molecule has 0 aliphatic carbocycles. The average Bonchev–Trinajstić information content (AvgIpc) is 2.75. The molecule has 0 aliphatic heterocycles. The highest BCUT2D eigenvalue weighted by Gasteiger charge is 2.25. The van der Waals surface area contributed by atoms with Gasteiger partial charge in [-0.1, -0.05) is 61.5 Å². The Morgan fingerprint density at radius 2 is 1.24 bits per heavy atom. The zero-order valence-corrected chi connectivity index (χ0v) is 17.7. The van der Waals surface area contributed by atoms with Crippen molar-refractivity contribution >= 4 is 19.9 Å². The number of hydrogen-bond donors (Lipinski definition) is 0. The first-order valence-corrected chi connectivity index (χ1v) is 12.2. The van der Waals surface area contributed by atoms with Crippen LogP contribution in [0.25, 0.3) is 0 Å². The van der Waals surface area contributed by atoms with E-state index in [1.807, 2.05) is 30.3 Å². The van der Waals surface area contributed by atoms with E-state index in [0.717, 1.165) is 5.56 Å². The van der Waals surface area contributed by atoms with E-state index in [-0.39, 0.29) is 14.7 Å². The molecule has 0 radical (unpaired) electrons. The molecular formula is C22H23NO4S2. The largest absolute Gasteiger partial charge is 0.243 e. The monoisotopic (exact) mass is 429 g/mol. The molecule has 0 spiro atoms. The number of likely N-dealkylation sites (N-methyl/N-ethyl adjacent to an activating group) is 1. The summed E-state index contributed by atoms with van der Waals surface area (Å²) in [6.45, 7) is 2.39. The van der Waals surface area contributed by atoms with E-state index >= 15 is 0 Å². The first-order valence-electron chi connectivity index (χ1n) is 9.30. The molecule has 0 saturated heterocycles.